The van der Waals surface area contributed by atoms with Crippen LogP contribution in [0.25, 0.3) is 0 Å². The molecule has 7 heteroatoms. The predicted octanol–water partition coefficient (Wildman–Crippen LogP) is 1.58. The van der Waals surface area contributed by atoms with E-state index in [2.05, 4.69) is 26.9 Å². The number of hydrogen-bond acceptors (Lipinski definition) is 5. The monoisotopic (exact) mass is 329 g/mol. The van der Waals surface area contributed by atoms with Crippen molar-refractivity contribution in [2.24, 2.45) is 0 Å². The highest BCUT2D eigenvalue weighted by molar-refractivity contribution is 5.78. The Labute approximate surface area is 141 Å². The molecule has 0 spiro atoms. The van der Waals surface area contributed by atoms with Gasteiger partial charge >= 0.3 is 0 Å². The first-order chi connectivity index (χ1) is 11.6. The third-order valence-corrected chi connectivity index (χ3v) is 4.73. The third kappa shape index (κ3) is 3.21. The summed E-state index contributed by atoms with van der Waals surface area (Å²) in [5.74, 6) is 1.94. The summed E-state index contributed by atoms with van der Waals surface area (Å²) in [4.78, 5) is 19.0. The van der Waals surface area contributed by atoms with Gasteiger partial charge in [0.25, 0.3) is 0 Å². The summed E-state index contributed by atoms with van der Waals surface area (Å²) in [7, 11) is 0. The molecule has 1 aliphatic heterocycles. The van der Waals surface area contributed by atoms with E-state index in [4.69, 9.17) is 9.51 Å². The second-order valence-corrected chi connectivity index (χ2v) is 6.88. The zero-order valence-electron chi connectivity index (χ0n) is 14.2. The number of fused-ring (bicyclic) bond motifs is 1. The molecule has 1 unspecified atom stereocenters. The van der Waals surface area contributed by atoms with Crippen molar-refractivity contribution in [2.45, 2.75) is 58.3 Å². The lowest BCUT2D eigenvalue weighted by atomic mass is 10.2. The normalized spacial score (nSPS) is 20.8. The molecule has 4 rings (SSSR count). The van der Waals surface area contributed by atoms with E-state index in [0.717, 1.165) is 55.4 Å². The molecule has 0 bridgehead atoms. The van der Waals surface area contributed by atoms with Crippen LogP contribution in [0.1, 0.15) is 48.8 Å². The molecule has 1 N–H and O–H groups in total. The first kappa shape index (κ1) is 15.4. The number of aryl methyl sites for hydroxylation is 1. The Morgan fingerprint density at radius 1 is 1.38 bits per heavy atom. The number of nitrogens with zero attached hydrogens (tertiary/aromatic N) is 4. The minimum atomic E-state index is 0.0792. The van der Waals surface area contributed by atoms with E-state index in [1.54, 1.807) is 0 Å². The van der Waals surface area contributed by atoms with Gasteiger partial charge in [0.2, 0.25) is 5.91 Å². The standard InChI is InChI=1S/C17H23N5O2/c1-11-7-15(20-24-11)10-21-5-6-22-9-14(19-17(22)12(21)2)8-16(23)18-13-3-4-13/h7,9,12-13H,3-6,8,10H2,1-2H3,(H,18,23). The average Bonchev–Trinajstić information content (AvgIpc) is 3.09. The summed E-state index contributed by atoms with van der Waals surface area (Å²) in [6.07, 6.45) is 4.61. The van der Waals surface area contributed by atoms with Crippen molar-refractivity contribution in [3.63, 3.8) is 0 Å². The van der Waals surface area contributed by atoms with E-state index >= 15 is 0 Å². The fraction of sp³-hybridized carbons (Fsp3) is 0.588. The molecule has 1 aliphatic carbocycles. The van der Waals surface area contributed by atoms with Gasteiger partial charge in [0, 0.05) is 37.9 Å². The fourth-order valence-electron chi connectivity index (χ4n) is 3.26. The van der Waals surface area contributed by atoms with Crippen LogP contribution in [0.5, 0.6) is 0 Å². The molecule has 1 saturated carbocycles. The second-order valence-electron chi connectivity index (χ2n) is 6.88. The minimum Gasteiger partial charge on any atom is -0.361 e. The van der Waals surface area contributed by atoms with Gasteiger partial charge in [-0.25, -0.2) is 4.98 Å². The Hall–Kier alpha value is -2.15. The van der Waals surface area contributed by atoms with Gasteiger partial charge in [-0.2, -0.15) is 0 Å². The van der Waals surface area contributed by atoms with Crippen molar-refractivity contribution >= 4 is 5.91 Å². The molecule has 2 aromatic rings. The van der Waals surface area contributed by atoms with Crippen molar-refractivity contribution in [1.82, 2.24) is 24.9 Å². The number of aromatic nitrogens is 3. The highest BCUT2D eigenvalue weighted by Gasteiger charge is 2.28. The van der Waals surface area contributed by atoms with Gasteiger partial charge in [0.15, 0.2) is 0 Å². The summed E-state index contributed by atoms with van der Waals surface area (Å²) >= 11 is 0. The molecule has 1 amide bonds. The van der Waals surface area contributed by atoms with Gasteiger partial charge in [0.05, 0.1) is 23.9 Å². The molecule has 24 heavy (non-hydrogen) atoms. The van der Waals surface area contributed by atoms with E-state index < -0.39 is 0 Å². The van der Waals surface area contributed by atoms with Crippen molar-refractivity contribution in [2.75, 3.05) is 6.54 Å². The fourth-order valence-corrected chi connectivity index (χ4v) is 3.26. The molecule has 0 aromatic carbocycles. The molecule has 1 fully saturated rings. The summed E-state index contributed by atoms with van der Waals surface area (Å²) in [5, 5.41) is 7.10. The maximum absolute atomic E-state index is 12.0. The van der Waals surface area contributed by atoms with E-state index in [1.807, 2.05) is 19.2 Å². The Kier molecular flexibility index (Phi) is 3.88. The zero-order valence-corrected chi connectivity index (χ0v) is 14.2. The molecule has 2 aromatic heterocycles. The molecule has 128 valence electrons. The number of rotatable bonds is 5. The van der Waals surface area contributed by atoms with Crippen LogP contribution < -0.4 is 5.32 Å². The van der Waals surface area contributed by atoms with Gasteiger partial charge in [-0.3, -0.25) is 9.69 Å². The largest absolute Gasteiger partial charge is 0.361 e. The molecule has 3 heterocycles. The lowest BCUT2D eigenvalue weighted by molar-refractivity contribution is -0.120. The maximum Gasteiger partial charge on any atom is 0.226 e. The third-order valence-electron chi connectivity index (χ3n) is 4.73. The number of carbonyl (C=O) groups is 1. The van der Waals surface area contributed by atoms with Gasteiger partial charge in [-0.05, 0) is 26.7 Å². The highest BCUT2D eigenvalue weighted by Crippen LogP contribution is 2.26. The average molecular weight is 329 g/mol. The van der Waals surface area contributed by atoms with Crippen LogP contribution in [-0.4, -0.2) is 38.1 Å². The topological polar surface area (TPSA) is 76.2 Å². The van der Waals surface area contributed by atoms with E-state index in [1.165, 1.54) is 0 Å². The minimum absolute atomic E-state index is 0.0792. The SMILES string of the molecule is Cc1cc(CN2CCn3cc(CC(=O)NC4CC4)nc3C2C)no1. The second kappa shape index (κ2) is 6.05. The number of amides is 1. The van der Waals surface area contributed by atoms with Gasteiger partial charge in [0.1, 0.15) is 11.6 Å². The lowest BCUT2D eigenvalue weighted by Gasteiger charge is -2.32. The Balaban J connectivity index is 1.43. The van der Waals surface area contributed by atoms with Crippen molar-refractivity contribution in [3.8, 4) is 0 Å². The molecule has 2 aliphatic rings. The number of imidazole rings is 1. The van der Waals surface area contributed by atoms with Crippen LogP contribution in [0.2, 0.25) is 0 Å². The van der Waals surface area contributed by atoms with E-state index in [9.17, 15) is 4.79 Å². The van der Waals surface area contributed by atoms with E-state index in [0.29, 0.717) is 12.5 Å². The first-order valence-corrected chi connectivity index (χ1v) is 8.60. The van der Waals surface area contributed by atoms with Gasteiger partial charge in [-0.15, -0.1) is 0 Å². The lowest BCUT2D eigenvalue weighted by Crippen LogP contribution is -2.36. The first-order valence-electron chi connectivity index (χ1n) is 8.60. The number of nitrogens with one attached hydrogen (secondary N) is 1. The quantitative estimate of drug-likeness (QED) is 0.901. The van der Waals surface area contributed by atoms with Crippen LogP contribution >= 0.6 is 0 Å². The zero-order chi connectivity index (χ0) is 16.7. The Bertz CT molecular complexity index is 746. The van der Waals surface area contributed by atoms with Crippen LogP contribution in [0.4, 0.5) is 0 Å². The predicted molar refractivity (Wildman–Crippen MR) is 87.2 cm³/mol. The van der Waals surface area contributed by atoms with Gasteiger partial charge in [-0.1, -0.05) is 5.16 Å². The maximum atomic E-state index is 12.0. The molecule has 1 atom stereocenters. The Morgan fingerprint density at radius 2 is 2.21 bits per heavy atom. The highest BCUT2D eigenvalue weighted by atomic mass is 16.5. The molecular formula is C17H23N5O2. The van der Waals surface area contributed by atoms with Crippen LogP contribution in [0.3, 0.4) is 0 Å². The van der Waals surface area contributed by atoms with Crippen LogP contribution in [0, 0.1) is 6.92 Å². The van der Waals surface area contributed by atoms with Crippen molar-refractivity contribution in [1.29, 1.82) is 0 Å². The van der Waals surface area contributed by atoms with Crippen LogP contribution in [0.15, 0.2) is 16.8 Å². The molecule has 0 saturated heterocycles. The molecule has 0 radical (unpaired) electrons. The number of hydrogen-bond donors (Lipinski definition) is 1. The summed E-state index contributed by atoms with van der Waals surface area (Å²) in [6.45, 7) is 6.63. The van der Waals surface area contributed by atoms with E-state index in [-0.39, 0.29) is 11.9 Å². The Morgan fingerprint density at radius 3 is 2.92 bits per heavy atom. The smallest absolute Gasteiger partial charge is 0.226 e. The van der Waals surface area contributed by atoms with Crippen molar-refractivity contribution in [3.05, 3.63) is 35.2 Å². The molecular weight excluding hydrogens is 306 g/mol. The van der Waals surface area contributed by atoms with Crippen LogP contribution in [-0.2, 0) is 24.3 Å². The molecule has 7 nitrogen and oxygen atoms in total. The summed E-state index contributed by atoms with van der Waals surface area (Å²) in [5.41, 5.74) is 1.80. The van der Waals surface area contributed by atoms with Gasteiger partial charge < -0.3 is 14.4 Å². The summed E-state index contributed by atoms with van der Waals surface area (Å²) in [6, 6.07) is 2.56. The van der Waals surface area contributed by atoms with Crippen molar-refractivity contribution < 1.29 is 9.32 Å². The number of carbonyl (C=O) groups excluding carboxylic acids is 1. The summed E-state index contributed by atoms with van der Waals surface area (Å²) < 4.78 is 7.33.